The quantitative estimate of drug-likeness (QED) is 0.221. The summed E-state index contributed by atoms with van der Waals surface area (Å²) in [7, 11) is 0. The summed E-state index contributed by atoms with van der Waals surface area (Å²) in [5, 5.41) is 9.83. The van der Waals surface area contributed by atoms with Crippen molar-refractivity contribution in [1.29, 1.82) is 0 Å². The molecule has 1 unspecified atom stereocenters. The molecule has 2 heteroatoms. The second kappa shape index (κ2) is 17.0. The topological polar surface area (TPSA) is 29.5 Å². The second-order valence-electron chi connectivity index (χ2n) is 8.66. The number of aliphatic hydroxyl groups is 1. The lowest BCUT2D eigenvalue weighted by Gasteiger charge is -2.36. The Balaban J connectivity index is 1.64. The molecule has 1 aliphatic rings. The van der Waals surface area contributed by atoms with E-state index in [2.05, 4.69) is 6.92 Å². The number of rotatable bonds is 20. The molecule has 1 heterocycles. The fourth-order valence-corrected chi connectivity index (χ4v) is 4.01. The number of hydrogen-bond acceptors (Lipinski definition) is 2. The Hall–Kier alpha value is -0.0800. The number of ether oxygens (including phenoxy) is 1. The summed E-state index contributed by atoms with van der Waals surface area (Å²) in [6.45, 7) is 3.04. The first-order valence-electron chi connectivity index (χ1n) is 12.1. The maximum atomic E-state index is 9.83. The smallest absolute Gasteiger partial charge is 0.167 e. The zero-order valence-corrected chi connectivity index (χ0v) is 17.9. The first-order chi connectivity index (χ1) is 12.8. The van der Waals surface area contributed by atoms with Crippen LogP contribution in [0.25, 0.3) is 0 Å². The summed E-state index contributed by atoms with van der Waals surface area (Å²) in [5.41, 5.74) is 0. The molecule has 1 atom stereocenters. The average molecular weight is 369 g/mol. The van der Waals surface area contributed by atoms with Gasteiger partial charge in [-0.05, 0) is 6.42 Å². The van der Waals surface area contributed by atoms with Crippen LogP contribution in [0.1, 0.15) is 142 Å². The highest BCUT2D eigenvalue weighted by Crippen LogP contribution is 2.29. The number of hydrogen-bond donors (Lipinski definition) is 1. The molecule has 0 aromatic carbocycles. The third kappa shape index (κ3) is 14.0. The van der Waals surface area contributed by atoms with Crippen LogP contribution in [0, 0.1) is 0 Å². The zero-order valence-electron chi connectivity index (χ0n) is 17.9. The molecule has 1 aliphatic heterocycles. The molecule has 1 N–H and O–H groups in total. The van der Waals surface area contributed by atoms with E-state index >= 15 is 0 Å². The maximum absolute atomic E-state index is 9.83. The van der Waals surface area contributed by atoms with Crippen molar-refractivity contribution >= 4 is 0 Å². The molecule has 0 saturated carbocycles. The lowest BCUT2D eigenvalue weighted by Crippen LogP contribution is -2.43. The molecule has 0 radical (unpaired) electrons. The molecule has 1 fully saturated rings. The van der Waals surface area contributed by atoms with Gasteiger partial charge in [0.15, 0.2) is 5.79 Å². The predicted octanol–water partition coefficient (Wildman–Crippen LogP) is 7.92. The fourth-order valence-electron chi connectivity index (χ4n) is 4.01. The normalized spacial score (nSPS) is 19.6. The summed E-state index contributed by atoms with van der Waals surface area (Å²) in [4.78, 5) is 0. The molecule has 1 saturated heterocycles. The summed E-state index contributed by atoms with van der Waals surface area (Å²) in [6, 6.07) is 0. The Kier molecular flexibility index (Phi) is 15.7. The van der Waals surface area contributed by atoms with Crippen LogP contribution in [0.5, 0.6) is 0 Å². The van der Waals surface area contributed by atoms with Crippen LogP contribution in [0.3, 0.4) is 0 Å². The van der Waals surface area contributed by atoms with Crippen molar-refractivity contribution in [1.82, 2.24) is 0 Å². The van der Waals surface area contributed by atoms with Gasteiger partial charge in [-0.3, -0.25) is 0 Å². The molecule has 0 aliphatic carbocycles. The van der Waals surface area contributed by atoms with Gasteiger partial charge in [-0.25, -0.2) is 0 Å². The van der Waals surface area contributed by atoms with E-state index in [0.29, 0.717) is 0 Å². The Morgan fingerprint density at radius 1 is 0.577 bits per heavy atom. The molecule has 2 nitrogen and oxygen atoms in total. The summed E-state index contributed by atoms with van der Waals surface area (Å²) in [5.74, 6) is -0.741. The summed E-state index contributed by atoms with van der Waals surface area (Å²) < 4.78 is 5.21. The maximum Gasteiger partial charge on any atom is 0.167 e. The highest BCUT2D eigenvalue weighted by molar-refractivity contribution is 4.74. The highest BCUT2D eigenvalue weighted by atomic mass is 16.6. The van der Waals surface area contributed by atoms with Gasteiger partial charge >= 0.3 is 0 Å². The van der Waals surface area contributed by atoms with E-state index in [0.717, 1.165) is 25.9 Å². The molecule has 0 aromatic rings. The minimum atomic E-state index is -0.741. The fraction of sp³-hybridized carbons (Fsp3) is 1.00. The average Bonchev–Trinajstić information content (AvgIpc) is 2.62. The molecule has 0 aromatic heterocycles. The first-order valence-corrected chi connectivity index (χ1v) is 12.1. The van der Waals surface area contributed by atoms with Crippen molar-refractivity contribution in [3.8, 4) is 0 Å². The molecule has 0 amide bonds. The van der Waals surface area contributed by atoms with Crippen LogP contribution in [0.4, 0.5) is 0 Å². The van der Waals surface area contributed by atoms with E-state index in [1.807, 2.05) is 0 Å². The lowest BCUT2D eigenvalue weighted by atomic mass is 9.99. The molecule has 26 heavy (non-hydrogen) atoms. The minimum Gasteiger partial charge on any atom is -0.365 e. The van der Waals surface area contributed by atoms with Crippen molar-refractivity contribution in [2.75, 3.05) is 6.61 Å². The third-order valence-corrected chi connectivity index (χ3v) is 6.03. The second-order valence-corrected chi connectivity index (χ2v) is 8.66. The van der Waals surface area contributed by atoms with Gasteiger partial charge in [-0.2, -0.15) is 0 Å². The van der Waals surface area contributed by atoms with E-state index < -0.39 is 5.79 Å². The van der Waals surface area contributed by atoms with Gasteiger partial charge in [0, 0.05) is 12.8 Å². The van der Waals surface area contributed by atoms with Crippen LogP contribution < -0.4 is 0 Å². The van der Waals surface area contributed by atoms with Gasteiger partial charge in [-0.1, -0.05) is 122 Å². The van der Waals surface area contributed by atoms with Gasteiger partial charge in [0.05, 0.1) is 6.61 Å². The molecule has 156 valence electrons. The molecule has 0 spiro atoms. The largest absolute Gasteiger partial charge is 0.365 e. The Morgan fingerprint density at radius 2 is 0.885 bits per heavy atom. The lowest BCUT2D eigenvalue weighted by molar-refractivity contribution is -0.285. The minimum absolute atomic E-state index is 0.741. The van der Waals surface area contributed by atoms with Crippen molar-refractivity contribution in [2.45, 2.75) is 148 Å². The van der Waals surface area contributed by atoms with Gasteiger partial charge in [0.2, 0.25) is 0 Å². The first kappa shape index (κ1) is 24.0. The molecular formula is C24H48O2. The standard InChI is InChI=1S/C24H48O2/c1-2-3-4-5-6-7-8-9-10-11-12-13-14-15-16-17-18-19-20-21-24(25)22-23-26-24/h25H,2-23H2,1H3. The molecule has 0 bridgehead atoms. The van der Waals surface area contributed by atoms with Crippen molar-refractivity contribution in [3.05, 3.63) is 0 Å². The van der Waals surface area contributed by atoms with Crippen LogP contribution >= 0.6 is 0 Å². The van der Waals surface area contributed by atoms with E-state index in [4.69, 9.17) is 4.74 Å². The van der Waals surface area contributed by atoms with Crippen LogP contribution in [0.2, 0.25) is 0 Å². The van der Waals surface area contributed by atoms with Crippen LogP contribution in [0.15, 0.2) is 0 Å². The van der Waals surface area contributed by atoms with Crippen LogP contribution in [-0.4, -0.2) is 17.5 Å². The van der Waals surface area contributed by atoms with Crippen molar-refractivity contribution in [3.63, 3.8) is 0 Å². The van der Waals surface area contributed by atoms with E-state index in [1.54, 1.807) is 0 Å². The SMILES string of the molecule is CCCCCCCCCCCCCCCCCCCCCC1(O)CCO1. The molecule has 1 rings (SSSR count). The van der Waals surface area contributed by atoms with Crippen molar-refractivity contribution in [2.24, 2.45) is 0 Å². The summed E-state index contributed by atoms with van der Waals surface area (Å²) >= 11 is 0. The van der Waals surface area contributed by atoms with Gasteiger partial charge in [0.25, 0.3) is 0 Å². The Morgan fingerprint density at radius 3 is 1.15 bits per heavy atom. The zero-order chi connectivity index (χ0) is 18.8. The number of unbranched alkanes of at least 4 members (excludes halogenated alkanes) is 18. The highest BCUT2D eigenvalue weighted by Gasteiger charge is 2.34. The molecular weight excluding hydrogens is 320 g/mol. The van der Waals surface area contributed by atoms with E-state index in [9.17, 15) is 5.11 Å². The Bertz CT molecular complexity index is 286. The van der Waals surface area contributed by atoms with Crippen LogP contribution in [-0.2, 0) is 4.74 Å². The predicted molar refractivity (Wildman–Crippen MR) is 114 cm³/mol. The van der Waals surface area contributed by atoms with Gasteiger partial charge in [0.1, 0.15) is 0 Å². The summed E-state index contributed by atoms with van der Waals surface area (Å²) in [6.07, 6.45) is 28.4. The third-order valence-electron chi connectivity index (χ3n) is 6.03. The van der Waals surface area contributed by atoms with E-state index in [-0.39, 0.29) is 0 Å². The van der Waals surface area contributed by atoms with Gasteiger partial charge in [-0.15, -0.1) is 0 Å². The Labute approximate surface area is 164 Å². The van der Waals surface area contributed by atoms with Gasteiger partial charge < -0.3 is 9.84 Å². The van der Waals surface area contributed by atoms with Crippen molar-refractivity contribution < 1.29 is 9.84 Å². The van der Waals surface area contributed by atoms with E-state index in [1.165, 1.54) is 116 Å². The monoisotopic (exact) mass is 368 g/mol.